The van der Waals surface area contributed by atoms with E-state index in [-0.39, 0.29) is 18.4 Å². The van der Waals surface area contributed by atoms with E-state index in [0.717, 1.165) is 25.7 Å². The smallest absolute Gasteiger partial charge is 0.325 e. The van der Waals surface area contributed by atoms with E-state index in [9.17, 15) is 9.59 Å². The van der Waals surface area contributed by atoms with Crippen molar-refractivity contribution in [1.82, 2.24) is 4.90 Å². The predicted molar refractivity (Wildman–Crippen MR) is 67.6 cm³/mol. The highest BCUT2D eigenvalue weighted by molar-refractivity contribution is 5.80. The molecule has 17 heavy (non-hydrogen) atoms. The summed E-state index contributed by atoms with van der Waals surface area (Å²) in [7, 11) is 0. The maximum absolute atomic E-state index is 11.4. The molecule has 0 spiro atoms. The first-order valence-electron chi connectivity index (χ1n) is 6.13. The Labute approximate surface area is 104 Å². The Kier molecular flexibility index (Phi) is 9.11. The van der Waals surface area contributed by atoms with Crippen molar-refractivity contribution in [1.29, 1.82) is 0 Å². The van der Waals surface area contributed by atoms with E-state index in [1.807, 2.05) is 0 Å². The van der Waals surface area contributed by atoms with Crippen molar-refractivity contribution in [3.63, 3.8) is 0 Å². The van der Waals surface area contributed by atoms with Crippen molar-refractivity contribution in [3.05, 3.63) is 12.7 Å². The van der Waals surface area contributed by atoms with Crippen molar-refractivity contribution < 1.29 is 14.3 Å². The van der Waals surface area contributed by atoms with Crippen LogP contribution in [0.2, 0.25) is 0 Å². The maximum Gasteiger partial charge on any atom is 0.325 e. The van der Waals surface area contributed by atoms with Crippen molar-refractivity contribution in [2.24, 2.45) is 0 Å². The molecule has 0 radical (unpaired) electrons. The highest BCUT2D eigenvalue weighted by Gasteiger charge is 2.12. The Morgan fingerprint density at radius 3 is 2.53 bits per heavy atom. The molecule has 0 fully saturated rings. The van der Waals surface area contributed by atoms with E-state index in [1.165, 1.54) is 11.8 Å². The third-order valence-corrected chi connectivity index (χ3v) is 2.38. The Morgan fingerprint density at radius 2 is 2.00 bits per heavy atom. The van der Waals surface area contributed by atoms with Gasteiger partial charge in [-0.2, -0.15) is 0 Å². The molecule has 98 valence electrons. The molecule has 0 bridgehead atoms. The second kappa shape index (κ2) is 9.87. The van der Waals surface area contributed by atoms with Crippen LogP contribution in [0.5, 0.6) is 0 Å². The average molecular weight is 241 g/mol. The predicted octanol–water partition coefficient (Wildman–Crippen LogP) is 2.14. The lowest BCUT2D eigenvalue weighted by Gasteiger charge is -2.17. The van der Waals surface area contributed by atoms with Gasteiger partial charge in [-0.25, -0.2) is 0 Å². The maximum atomic E-state index is 11.4. The number of unbranched alkanes of at least 4 members (excludes halogenated alkanes) is 3. The van der Waals surface area contributed by atoms with Crippen LogP contribution in [0, 0.1) is 0 Å². The van der Waals surface area contributed by atoms with Crippen LogP contribution in [0.15, 0.2) is 12.7 Å². The molecular weight excluding hydrogens is 218 g/mol. The Balaban J connectivity index is 3.75. The molecule has 0 aliphatic carbocycles. The normalized spacial score (nSPS) is 9.76. The number of hydrogen-bond acceptors (Lipinski definition) is 3. The first-order chi connectivity index (χ1) is 8.11. The third kappa shape index (κ3) is 8.48. The summed E-state index contributed by atoms with van der Waals surface area (Å²) in [6, 6.07) is 0. The van der Waals surface area contributed by atoms with Gasteiger partial charge in [0.05, 0.1) is 6.61 Å². The topological polar surface area (TPSA) is 46.6 Å². The van der Waals surface area contributed by atoms with Gasteiger partial charge in [0.25, 0.3) is 0 Å². The number of esters is 1. The summed E-state index contributed by atoms with van der Waals surface area (Å²) in [6.07, 6.45) is 5.88. The number of amides is 1. The molecule has 4 heteroatoms. The van der Waals surface area contributed by atoms with Crippen LogP contribution < -0.4 is 0 Å². The molecule has 0 aromatic rings. The molecule has 0 N–H and O–H groups in total. The van der Waals surface area contributed by atoms with Gasteiger partial charge in [0.15, 0.2) is 0 Å². The van der Waals surface area contributed by atoms with Crippen molar-refractivity contribution in [2.75, 3.05) is 19.7 Å². The summed E-state index contributed by atoms with van der Waals surface area (Å²) >= 11 is 0. The Bertz CT molecular complexity index is 251. The van der Waals surface area contributed by atoms with Crippen LogP contribution in [0.1, 0.15) is 39.5 Å². The molecule has 0 saturated carbocycles. The van der Waals surface area contributed by atoms with Crippen molar-refractivity contribution >= 4 is 11.9 Å². The Hall–Kier alpha value is -1.32. The molecular formula is C13H23NO3. The van der Waals surface area contributed by atoms with Gasteiger partial charge in [-0.1, -0.05) is 32.3 Å². The molecule has 0 atom stereocenters. The van der Waals surface area contributed by atoms with Gasteiger partial charge in [0.2, 0.25) is 5.91 Å². The highest BCUT2D eigenvalue weighted by atomic mass is 16.5. The minimum atomic E-state index is -0.349. The lowest BCUT2D eigenvalue weighted by molar-refractivity contribution is -0.148. The zero-order chi connectivity index (χ0) is 13.1. The fourth-order valence-corrected chi connectivity index (χ4v) is 1.38. The lowest BCUT2D eigenvalue weighted by Crippen LogP contribution is -2.35. The standard InChI is InChI=1S/C13H23NO3/c1-4-6-7-8-10-17-13(16)11-14(9-5-2)12(3)15/h5H,2,4,6-11H2,1,3H3. The Morgan fingerprint density at radius 1 is 1.29 bits per heavy atom. The monoisotopic (exact) mass is 241 g/mol. The van der Waals surface area contributed by atoms with Gasteiger partial charge in [-0.05, 0) is 6.42 Å². The third-order valence-electron chi connectivity index (χ3n) is 2.38. The number of hydrogen-bond donors (Lipinski definition) is 0. The van der Waals surface area contributed by atoms with E-state index in [4.69, 9.17) is 4.74 Å². The summed E-state index contributed by atoms with van der Waals surface area (Å²) in [5.74, 6) is -0.494. The first kappa shape index (κ1) is 15.7. The summed E-state index contributed by atoms with van der Waals surface area (Å²) in [4.78, 5) is 24.0. The molecule has 0 aromatic heterocycles. The van der Waals surface area contributed by atoms with Gasteiger partial charge in [-0.15, -0.1) is 6.58 Å². The summed E-state index contributed by atoms with van der Waals surface area (Å²) in [5, 5.41) is 0. The number of carbonyl (C=O) groups excluding carboxylic acids is 2. The molecule has 0 saturated heterocycles. The second-order valence-corrected chi connectivity index (χ2v) is 3.97. The number of nitrogens with zero attached hydrogens (tertiary/aromatic N) is 1. The number of ether oxygens (including phenoxy) is 1. The van der Waals surface area contributed by atoms with Gasteiger partial charge in [0.1, 0.15) is 6.54 Å². The highest BCUT2D eigenvalue weighted by Crippen LogP contribution is 1.99. The number of carbonyl (C=O) groups is 2. The SMILES string of the molecule is C=CCN(CC(=O)OCCCCCC)C(C)=O. The molecule has 0 rings (SSSR count). The van der Waals surface area contributed by atoms with Crippen LogP contribution in [-0.2, 0) is 14.3 Å². The zero-order valence-corrected chi connectivity index (χ0v) is 10.9. The van der Waals surface area contributed by atoms with E-state index < -0.39 is 0 Å². The van der Waals surface area contributed by atoms with Crippen LogP contribution in [0.25, 0.3) is 0 Å². The van der Waals surface area contributed by atoms with Crippen LogP contribution >= 0.6 is 0 Å². The molecule has 0 unspecified atom stereocenters. The molecule has 0 aromatic carbocycles. The molecule has 1 amide bonds. The fraction of sp³-hybridized carbons (Fsp3) is 0.692. The minimum Gasteiger partial charge on any atom is -0.464 e. The summed E-state index contributed by atoms with van der Waals surface area (Å²) in [5.41, 5.74) is 0. The second-order valence-electron chi connectivity index (χ2n) is 3.97. The largest absolute Gasteiger partial charge is 0.464 e. The van der Waals surface area contributed by atoms with Crippen molar-refractivity contribution in [3.8, 4) is 0 Å². The van der Waals surface area contributed by atoms with E-state index in [2.05, 4.69) is 13.5 Å². The first-order valence-corrected chi connectivity index (χ1v) is 6.13. The van der Waals surface area contributed by atoms with Gasteiger partial charge < -0.3 is 9.64 Å². The van der Waals surface area contributed by atoms with Gasteiger partial charge in [-0.3, -0.25) is 9.59 Å². The quantitative estimate of drug-likeness (QED) is 0.353. The van der Waals surface area contributed by atoms with E-state index in [1.54, 1.807) is 6.08 Å². The summed E-state index contributed by atoms with van der Waals surface area (Å²) in [6.45, 7) is 7.93. The molecule has 0 aliphatic rings. The minimum absolute atomic E-state index is 0.00906. The summed E-state index contributed by atoms with van der Waals surface area (Å²) < 4.78 is 5.05. The van der Waals surface area contributed by atoms with E-state index in [0.29, 0.717) is 13.2 Å². The number of rotatable bonds is 9. The molecule has 4 nitrogen and oxygen atoms in total. The van der Waals surface area contributed by atoms with Crippen LogP contribution in [-0.4, -0.2) is 36.5 Å². The van der Waals surface area contributed by atoms with Gasteiger partial charge >= 0.3 is 5.97 Å². The molecule has 0 aliphatic heterocycles. The average Bonchev–Trinajstić information content (AvgIpc) is 2.28. The zero-order valence-electron chi connectivity index (χ0n) is 10.9. The lowest BCUT2D eigenvalue weighted by atomic mass is 10.2. The van der Waals surface area contributed by atoms with E-state index >= 15 is 0 Å². The fourth-order valence-electron chi connectivity index (χ4n) is 1.38. The van der Waals surface area contributed by atoms with Crippen LogP contribution in [0.3, 0.4) is 0 Å². The van der Waals surface area contributed by atoms with Crippen molar-refractivity contribution in [2.45, 2.75) is 39.5 Å². The van der Waals surface area contributed by atoms with Gasteiger partial charge in [0, 0.05) is 13.5 Å². The van der Waals surface area contributed by atoms with Crippen LogP contribution in [0.4, 0.5) is 0 Å². The molecule has 0 heterocycles.